The van der Waals surface area contributed by atoms with Crippen molar-refractivity contribution in [2.24, 2.45) is 4.99 Å². The summed E-state index contributed by atoms with van der Waals surface area (Å²) in [6, 6.07) is 13.1. The minimum absolute atomic E-state index is 0.288. The lowest BCUT2D eigenvalue weighted by Gasteiger charge is -2.24. The number of hydrogen-bond acceptors (Lipinski definition) is 7. The van der Waals surface area contributed by atoms with Gasteiger partial charge in [0.2, 0.25) is 0 Å². The third kappa shape index (κ3) is 4.53. The maximum Gasteiger partial charge on any atom is 0.338 e. The number of fused-ring (bicyclic) bond motifs is 1. The molecule has 9 heteroatoms. The maximum atomic E-state index is 13.5. The van der Waals surface area contributed by atoms with Gasteiger partial charge in [-0.2, -0.15) is 0 Å². The monoisotopic (exact) mass is 482 g/mol. The van der Waals surface area contributed by atoms with Gasteiger partial charge in [-0.3, -0.25) is 14.2 Å². The molecule has 1 atom stereocenters. The molecule has 0 spiro atoms. The summed E-state index contributed by atoms with van der Waals surface area (Å²) in [6.07, 6.45) is 1.70. The van der Waals surface area contributed by atoms with Crippen molar-refractivity contribution in [1.82, 2.24) is 4.57 Å². The van der Waals surface area contributed by atoms with Crippen LogP contribution in [-0.2, 0) is 14.3 Å². The molecule has 1 unspecified atom stereocenters. The first-order valence-electron chi connectivity index (χ1n) is 9.93. The first kappa shape index (κ1) is 22.7. The number of rotatable bonds is 4. The number of carbonyl (C=O) groups is 2. The lowest BCUT2D eigenvalue weighted by atomic mass is 9.96. The molecular weight excluding hydrogens is 464 g/mol. The normalized spacial score (nSPS) is 15.6. The van der Waals surface area contributed by atoms with Crippen LogP contribution in [0.2, 0.25) is 5.02 Å². The summed E-state index contributed by atoms with van der Waals surface area (Å²) < 4.78 is 12.0. The molecule has 1 aliphatic rings. The Labute approximate surface area is 197 Å². The number of ether oxygens (including phenoxy) is 2. The number of halogens is 1. The predicted octanol–water partition coefficient (Wildman–Crippen LogP) is 2.99. The molecule has 0 saturated heterocycles. The Morgan fingerprint density at radius 3 is 2.58 bits per heavy atom. The Balaban J connectivity index is 1.91. The average molecular weight is 483 g/mol. The van der Waals surface area contributed by atoms with Gasteiger partial charge in [0, 0.05) is 11.9 Å². The van der Waals surface area contributed by atoms with Crippen LogP contribution in [-0.4, -0.2) is 23.6 Å². The van der Waals surface area contributed by atoms with Crippen molar-refractivity contribution in [3.05, 3.63) is 95.6 Å². The molecule has 0 N–H and O–H groups in total. The first-order valence-corrected chi connectivity index (χ1v) is 11.1. The second-order valence-electron chi connectivity index (χ2n) is 7.29. The van der Waals surface area contributed by atoms with E-state index >= 15 is 0 Å². The number of thiazole rings is 1. The topological polar surface area (TPSA) is 87.0 Å². The van der Waals surface area contributed by atoms with E-state index in [-0.39, 0.29) is 11.1 Å². The molecular formula is C24H19ClN2O5S. The van der Waals surface area contributed by atoms with Gasteiger partial charge < -0.3 is 9.47 Å². The Hall–Kier alpha value is -3.49. The van der Waals surface area contributed by atoms with Gasteiger partial charge in [0.15, 0.2) is 4.80 Å². The Morgan fingerprint density at radius 1 is 1.18 bits per heavy atom. The zero-order valence-corrected chi connectivity index (χ0v) is 19.6. The lowest BCUT2D eigenvalue weighted by Crippen LogP contribution is -2.39. The summed E-state index contributed by atoms with van der Waals surface area (Å²) >= 11 is 7.26. The highest BCUT2D eigenvalue weighted by Crippen LogP contribution is 2.31. The molecule has 2 aromatic carbocycles. The van der Waals surface area contributed by atoms with Crippen LogP contribution in [0.3, 0.4) is 0 Å². The van der Waals surface area contributed by atoms with Crippen LogP contribution in [0.1, 0.15) is 31.0 Å². The fourth-order valence-electron chi connectivity index (χ4n) is 3.64. The van der Waals surface area contributed by atoms with Crippen molar-refractivity contribution in [3.63, 3.8) is 0 Å². The lowest BCUT2D eigenvalue weighted by molar-refractivity contribution is -0.136. The summed E-state index contributed by atoms with van der Waals surface area (Å²) in [5, 5.41) is 0.541. The summed E-state index contributed by atoms with van der Waals surface area (Å²) in [6.45, 7) is 3.04. The molecule has 4 rings (SSSR count). The third-order valence-electron chi connectivity index (χ3n) is 5.03. The van der Waals surface area contributed by atoms with Crippen molar-refractivity contribution >= 4 is 41.0 Å². The Bertz CT molecular complexity index is 1470. The SMILES string of the molecule is COC(=O)C1=C(C)N=c2sc(=Cc3cccc(OC(C)=O)c3)c(=O)n2C1c1ccc(Cl)cc1. The largest absolute Gasteiger partial charge is 0.466 e. The van der Waals surface area contributed by atoms with Crippen molar-refractivity contribution in [2.75, 3.05) is 7.11 Å². The van der Waals surface area contributed by atoms with Crippen LogP contribution >= 0.6 is 22.9 Å². The highest BCUT2D eigenvalue weighted by molar-refractivity contribution is 7.07. The molecule has 33 heavy (non-hydrogen) atoms. The molecule has 3 aromatic rings. The Morgan fingerprint density at radius 2 is 1.91 bits per heavy atom. The minimum atomic E-state index is -0.708. The summed E-state index contributed by atoms with van der Waals surface area (Å²) in [7, 11) is 1.29. The van der Waals surface area contributed by atoms with Crippen LogP contribution in [0, 0.1) is 0 Å². The molecule has 2 heterocycles. The van der Waals surface area contributed by atoms with Gasteiger partial charge in [0.05, 0.1) is 29.0 Å². The van der Waals surface area contributed by atoms with E-state index < -0.39 is 18.0 Å². The molecule has 0 bridgehead atoms. The zero-order chi connectivity index (χ0) is 23.7. The van der Waals surface area contributed by atoms with Crippen molar-refractivity contribution in [2.45, 2.75) is 19.9 Å². The molecule has 0 aliphatic carbocycles. The Kier molecular flexibility index (Phi) is 6.31. The molecule has 1 aliphatic heterocycles. The predicted molar refractivity (Wildman–Crippen MR) is 125 cm³/mol. The van der Waals surface area contributed by atoms with Crippen LogP contribution in [0.4, 0.5) is 0 Å². The molecule has 0 saturated carbocycles. The zero-order valence-electron chi connectivity index (χ0n) is 18.0. The van der Waals surface area contributed by atoms with Gasteiger partial charge in [0.1, 0.15) is 5.75 Å². The number of nitrogens with zero attached hydrogens (tertiary/aromatic N) is 2. The van der Waals surface area contributed by atoms with Crippen molar-refractivity contribution in [1.29, 1.82) is 0 Å². The van der Waals surface area contributed by atoms with Gasteiger partial charge in [-0.15, -0.1) is 0 Å². The number of esters is 2. The molecule has 7 nitrogen and oxygen atoms in total. The molecule has 0 radical (unpaired) electrons. The highest BCUT2D eigenvalue weighted by Gasteiger charge is 2.33. The van der Waals surface area contributed by atoms with Gasteiger partial charge in [-0.05, 0) is 48.4 Å². The minimum Gasteiger partial charge on any atom is -0.466 e. The van der Waals surface area contributed by atoms with Crippen molar-refractivity contribution < 1.29 is 19.1 Å². The smallest absolute Gasteiger partial charge is 0.338 e. The summed E-state index contributed by atoms with van der Waals surface area (Å²) in [4.78, 5) is 42.4. The van der Waals surface area contributed by atoms with Gasteiger partial charge >= 0.3 is 11.9 Å². The average Bonchev–Trinajstić information content (AvgIpc) is 3.07. The third-order valence-corrected chi connectivity index (χ3v) is 6.27. The van der Waals surface area contributed by atoms with E-state index in [1.165, 1.54) is 29.9 Å². The first-order chi connectivity index (χ1) is 15.8. The number of benzene rings is 2. The van der Waals surface area contributed by atoms with E-state index in [9.17, 15) is 14.4 Å². The molecule has 0 fully saturated rings. The van der Waals surface area contributed by atoms with E-state index in [0.717, 1.165) is 0 Å². The highest BCUT2D eigenvalue weighted by atomic mass is 35.5. The van der Waals surface area contributed by atoms with Gasteiger partial charge in [0.25, 0.3) is 5.56 Å². The molecule has 1 aromatic heterocycles. The number of allylic oxidation sites excluding steroid dienone is 1. The van der Waals surface area contributed by atoms with Crippen LogP contribution < -0.4 is 19.6 Å². The van der Waals surface area contributed by atoms with E-state index in [1.807, 2.05) is 0 Å². The maximum absolute atomic E-state index is 13.5. The second kappa shape index (κ2) is 9.17. The molecule has 0 amide bonds. The number of carbonyl (C=O) groups excluding carboxylic acids is 2. The van der Waals surface area contributed by atoms with Crippen LogP contribution in [0.25, 0.3) is 6.08 Å². The van der Waals surface area contributed by atoms with Crippen LogP contribution in [0.15, 0.2) is 69.6 Å². The van der Waals surface area contributed by atoms with E-state index in [0.29, 0.717) is 36.9 Å². The number of methoxy groups -OCH3 is 1. The fraction of sp³-hybridized carbons (Fsp3) is 0.167. The van der Waals surface area contributed by atoms with E-state index in [2.05, 4.69) is 4.99 Å². The van der Waals surface area contributed by atoms with E-state index in [1.54, 1.807) is 61.5 Å². The number of hydrogen-bond donors (Lipinski definition) is 0. The standard InChI is InChI=1S/C24H19ClN2O5S/c1-13-20(23(30)31-3)21(16-7-9-17(25)10-8-16)27-22(29)19(33-24(27)26-13)12-15-5-4-6-18(11-15)32-14(2)28/h4-12,21H,1-3H3. The van der Waals surface area contributed by atoms with Gasteiger partial charge in [-0.25, -0.2) is 9.79 Å². The van der Waals surface area contributed by atoms with E-state index in [4.69, 9.17) is 21.1 Å². The fourth-order valence-corrected chi connectivity index (χ4v) is 4.81. The second-order valence-corrected chi connectivity index (χ2v) is 8.74. The summed E-state index contributed by atoms with van der Waals surface area (Å²) in [5.74, 6) is -0.605. The molecule has 168 valence electrons. The van der Waals surface area contributed by atoms with Gasteiger partial charge in [-0.1, -0.05) is 47.2 Å². The van der Waals surface area contributed by atoms with Crippen molar-refractivity contribution in [3.8, 4) is 5.75 Å². The number of aromatic nitrogens is 1. The quantitative estimate of drug-likeness (QED) is 0.421. The summed E-state index contributed by atoms with van der Waals surface area (Å²) in [5.41, 5.74) is 1.86. The van der Waals surface area contributed by atoms with Crippen LogP contribution in [0.5, 0.6) is 5.75 Å².